The zero-order valence-corrected chi connectivity index (χ0v) is 19.2. The van der Waals surface area contributed by atoms with Crippen molar-refractivity contribution in [2.75, 3.05) is 6.61 Å². The zero-order valence-electron chi connectivity index (χ0n) is 19.2. The standard InChI is InChI=1S/C29H26N2O4/c32-29(22-34-27-17-15-26(16-18-27)33-20-23-9-3-1-4-10-23)31-30-19-25-13-7-8-14-28(25)35-21-24-11-5-2-6-12-24/h1-19H,20-22H2,(H,31,32)/b30-19-. The Morgan fingerprint density at radius 2 is 1.20 bits per heavy atom. The lowest BCUT2D eigenvalue weighted by Crippen LogP contribution is -2.24. The van der Waals surface area contributed by atoms with Gasteiger partial charge in [0.05, 0.1) is 6.21 Å². The van der Waals surface area contributed by atoms with Gasteiger partial charge in [-0.3, -0.25) is 4.79 Å². The molecular formula is C29H26N2O4. The lowest BCUT2D eigenvalue weighted by Gasteiger charge is -2.09. The maximum absolute atomic E-state index is 12.1. The third kappa shape index (κ3) is 7.75. The van der Waals surface area contributed by atoms with E-state index in [-0.39, 0.29) is 12.5 Å². The summed E-state index contributed by atoms with van der Waals surface area (Å²) in [4.78, 5) is 12.1. The minimum Gasteiger partial charge on any atom is -0.489 e. The number of rotatable bonds is 11. The maximum atomic E-state index is 12.1. The predicted octanol–water partition coefficient (Wildman–Crippen LogP) is 5.37. The Morgan fingerprint density at radius 1 is 0.657 bits per heavy atom. The second-order valence-corrected chi connectivity index (χ2v) is 7.64. The SMILES string of the molecule is O=C(COc1ccc(OCc2ccccc2)cc1)N/N=C\c1ccccc1OCc1ccccc1. The Labute approximate surface area is 204 Å². The summed E-state index contributed by atoms with van der Waals surface area (Å²) in [6, 6.07) is 34.5. The summed E-state index contributed by atoms with van der Waals surface area (Å²) < 4.78 is 17.2. The number of carbonyl (C=O) groups is 1. The van der Waals surface area contributed by atoms with Gasteiger partial charge in [0.2, 0.25) is 0 Å². The van der Waals surface area contributed by atoms with Crippen molar-refractivity contribution in [3.05, 3.63) is 126 Å². The molecule has 6 heteroatoms. The second kappa shape index (κ2) is 12.6. The van der Waals surface area contributed by atoms with Crippen LogP contribution >= 0.6 is 0 Å². The first kappa shape index (κ1) is 23.6. The molecule has 0 fully saturated rings. The molecule has 0 heterocycles. The molecule has 4 aromatic carbocycles. The number of amides is 1. The van der Waals surface area contributed by atoms with E-state index in [0.29, 0.717) is 24.7 Å². The molecule has 0 saturated heterocycles. The number of para-hydroxylation sites is 1. The van der Waals surface area contributed by atoms with Gasteiger partial charge in [-0.1, -0.05) is 72.8 Å². The summed E-state index contributed by atoms with van der Waals surface area (Å²) in [6.45, 7) is 0.775. The van der Waals surface area contributed by atoms with Gasteiger partial charge < -0.3 is 14.2 Å². The largest absolute Gasteiger partial charge is 0.489 e. The number of hydrazone groups is 1. The van der Waals surface area contributed by atoms with Crippen LogP contribution in [0.15, 0.2) is 114 Å². The second-order valence-electron chi connectivity index (χ2n) is 7.64. The third-order valence-electron chi connectivity index (χ3n) is 4.99. The molecule has 0 aromatic heterocycles. The molecule has 6 nitrogen and oxygen atoms in total. The lowest BCUT2D eigenvalue weighted by atomic mass is 10.2. The minimum atomic E-state index is -0.367. The molecule has 0 bridgehead atoms. The Balaban J connectivity index is 1.21. The molecular weight excluding hydrogens is 440 g/mol. The van der Waals surface area contributed by atoms with Crippen LogP contribution in [0.5, 0.6) is 17.2 Å². The number of ether oxygens (including phenoxy) is 3. The van der Waals surface area contributed by atoms with E-state index in [9.17, 15) is 4.79 Å². The van der Waals surface area contributed by atoms with E-state index >= 15 is 0 Å². The van der Waals surface area contributed by atoms with Gasteiger partial charge in [0.1, 0.15) is 30.5 Å². The van der Waals surface area contributed by atoms with Gasteiger partial charge in [0.15, 0.2) is 6.61 Å². The first-order valence-electron chi connectivity index (χ1n) is 11.2. The summed E-state index contributed by atoms with van der Waals surface area (Å²) in [5.41, 5.74) is 5.40. The van der Waals surface area contributed by atoms with Crippen molar-refractivity contribution < 1.29 is 19.0 Å². The molecule has 0 saturated carbocycles. The van der Waals surface area contributed by atoms with Crippen LogP contribution in [-0.4, -0.2) is 18.7 Å². The first-order chi connectivity index (χ1) is 17.3. The summed E-state index contributed by atoms with van der Waals surface area (Å²) in [6.07, 6.45) is 1.55. The normalized spacial score (nSPS) is 10.6. The number of benzene rings is 4. The van der Waals surface area contributed by atoms with Crippen molar-refractivity contribution in [2.45, 2.75) is 13.2 Å². The highest BCUT2D eigenvalue weighted by Gasteiger charge is 2.04. The van der Waals surface area contributed by atoms with Crippen molar-refractivity contribution in [3.63, 3.8) is 0 Å². The summed E-state index contributed by atoms with van der Waals surface area (Å²) >= 11 is 0. The van der Waals surface area contributed by atoms with Crippen LogP contribution in [-0.2, 0) is 18.0 Å². The molecule has 4 aromatic rings. The molecule has 35 heavy (non-hydrogen) atoms. The average molecular weight is 467 g/mol. The van der Waals surface area contributed by atoms with E-state index in [0.717, 1.165) is 22.4 Å². The highest BCUT2D eigenvalue weighted by atomic mass is 16.5. The molecule has 1 amide bonds. The van der Waals surface area contributed by atoms with Crippen LogP contribution in [0.2, 0.25) is 0 Å². The van der Waals surface area contributed by atoms with E-state index in [1.54, 1.807) is 30.5 Å². The highest BCUT2D eigenvalue weighted by Crippen LogP contribution is 2.19. The molecule has 0 aliphatic carbocycles. The van der Waals surface area contributed by atoms with E-state index in [1.165, 1.54) is 0 Å². The van der Waals surface area contributed by atoms with Gasteiger partial charge in [-0.15, -0.1) is 0 Å². The maximum Gasteiger partial charge on any atom is 0.277 e. The van der Waals surface area contributed by atoms with E-state index in [4.69, 9.17) is 14.2 Å². The molecule has 0 aliphatic rings. The number of hydrogen-bond acceptors (Lipinski definition) is 5. The Bertz CT molecular complexity index is 1230. The van der Waals surface area contributed by atoms with E-state index in [1.807, 2.05) is 84.9 Å². The van der Waals surface area contributed by atoms with Crippen LogP contribution in [0.25, 0.3) is 0 Å². The Hall–Kier alpha value is -4.58. The fourth-order valence-corrected chi connectivity index (χ4v) is 3.18. The van der Waals surface area contributed by atoms with Gasteiger partial charge in [-0.2, -0.15) is 5.10 Å². The summed E-state index contributed by atoms with van der Waals surface area (Å²) in [7, 11) is 0. The molecule has 0 radical (unpaired) electrons. The molecule has 4 rings (SSSR count). The van der Waals surface area contributed by atoms with Crippen molar-refractivity contribution >= 4 is 12.1 Å². The van der Waals surface area contributed by atoms with Gasteiger partial charge in [0, 0.05) is 5.56 Å². The molecule has 0 atom stereocenters. The Morgan fingerprint density at radius 3 is 1.86 bits per heavy atom. The quantitative estimate of drug-likeness (QED) is 0.238. The zero-order chi connectivity index (χ0) is 24.1. The van der Waals surface area contributed by atoms with Crippen molar-refractivity contribution in [1.82, 2.24) is 5.43 Å². The average Bonchev–Trinajstić information content (AvgIpc) is 2.92. The molecule has 176 valence electrons. The van der Waals surface area contributed by atoms with Crippen LogP contribution in [0.4, 0.5) is 0 Å². The number of nitrogens with zero attached hydrogens (tertiary/aromatic N) is 1. The van der Waals surface area contributed by atoms with E-state index < -0.39 is 0 Å². The van der Waals surface area contributed by atoms with Crippen molar-refractivity contribution in [2.24, 2.45) is 5.10 Å². The number of nitrogens with one attached hydrogen (secondary N) is 1. The molecule has 0 aliphatic heterocycles. The highest BCUT2D eigenvalue weighted by molar-refractivity contribution is 5.85. The monoisotopic (exact) mass is 466 g/mol. The van der Waals surface area contributed by atoms with Crippen LogP contribution in [0.1, 0.15) is 16.7 Å². The van der Waals surface area contributed by atoms with Crippen LogP contribution < -0.4 is 19.6 Å². The van der Waals surface area contributed by atoms with Crippen molar-refractivity contribution in [3.8, 4) is 17.2 Å². The van der Waals surface area contributed by atoms with E-state index in [2.05, 4.69) is 10.5 Å². The summed E-state index contributed by atoms with van der Waals surface area (Å²) in [5, 5.41) is 4.03. The summed E-state index contributed by atoms with van der Waals surface area (Å²) in [5.74, 6) is 1.60. The van der Waals surface area contributed by atoms with Crippen LogP contribution in [0, 0.1) is 0 Å². The lowest BCUT2D eigenvalue weighted by molar-refractivity contribution is -0.123. The molecule has 0 spiro atoms. The predicted molar refractivity (Wildman–Crippen MR) is 136 cm³/mol. The first-order valence-corrected chi connectivity index (χ1v) is 11.2. The fourth-order valence-electron chi connectivity index (χ4n) is 3.18. The number of hydrogen-bond donors (Lipinski definition) is 1. The molecule has 1 N–H and O–H groups in total. The number of carbonyl (C=O) groups excluding carboxylic acids is 1. The Kier molecular flexibility index (Phi) is 8.49. The smallest absolute Gasteiger partial charge is 0.277 e. The van der Waals surface area contributed by atoms with Gasteiger partial charge in [-0.25, -0.2) is 5.43 Å². The van der Waals surface area contributed by atoms with Crippen molar-refractivity contribution in [1.29, 1.82) is 0 Å². The van der Waals surface area contributed by atoms with Gasteiger partial charge in [-0.05, 0) is 47.5 Å². The topological polar surface area (TPSA) is 69.2 Å². The third-order valence-corrected chi connectivity index (χ3v) is 4.99. The minimum absolute atomic E-state index is 0.159. The van der Waals surface area contributed by atoms with Crippen LogP contribution in [0.3, 0.4) is 0 Å². The fraction of sp³-hybridized carbons (Fsp3) is 0.103. The van der Waals surface area contributed by atoms with Gasteiger partial charge >= 0.3 is 0 Å². The van der Waals surface area contributed by atoms with Gasteiger partial charge in [0.25, 0.3) is 5.91 Å². The molecule has 0 unspecified atom stereocenters.